The SMILES string of the molecule is C[C@@H]1COc2ccccc2CCCCC2(CCN(C(=O)C3CCCCC3)CC2)C(=O)N1. The first-order valence-corrected chi connectivity index (χ1v) is 12.4. The molecule has 1 spiro atoms. The van der Waals surface area contributed by atoms with Crippen molar-refractivity contribution in [3.05, 3.63) is 29.8 Å². The molecule has 170 valence electrons. The van der Waals surface area contributed by atoms with Crippen LogP contribution < -0.4 is 10.1 Å². The molecule has 31 heavy (non-hydrogen) atoms. The molecule has 0 unspecified atom stereocenters. The maximum Gasteiger partial charge on any atom is 0.226 e. The third-order valence-corrected chi connectivity index (χ3v) is 7.66. The first kappa shape index (κ1) is 22.2. The average molecular weight is 427 g/mol. The first-order chi connectivity index (χ1) is 15.1. The van der Waals surface area contributed by atoms with Crippen molar-refractivity contribution in [2.24, 2.45) is 11.3 Å². The number of nitrogens with zero attached hydrogens (tertiary/aromatic N) is 1. The van der Waals surface area contributed by atoms with E-state index in [9.17, 15) is 9.59 Å². The Hall–Kier alpha value is -2.04. The number of likely N-dealkylation sites (tertiary alicyclic amines) is 1. The Morgan fingerprint density at radius 1 is 1.03 bits per heavy atom. The minimum absolute atomic E-state index is 0.0428. The van der Waals surface area contributed by atoms with E-state index in [0.29, 0.717) is 12.5 Å². The summed E-state index contributed by atoms with van der Waals surface area (Å²) >= 11 is 0. The van der Waals surface area contributed by atoms with Gasteiger partial charge in [-0.05, 0) is 63.5 Å². The quantitative estimate of drug-likeness (QED) is 0.720. The zero-order valence-electron chi connectivity index (χ0n) is 19.0. The van der Waals surface area contributed by atoms with E-state index < -0.39 is 0 Å². The van der Waals surface area contributed by atoms with E-state index in [4.69, 9.17) is 4.74 Å². The van der Waals surface area contributed by atoms with Gasteiger partial charge in [-0.15, -0.1) is 0 Å². The molecule has 1 saturated heterocycles. The molecule has 5 nitrogen and oxygen atoms in total. The van der Waals surface area contributed by atoms with E-state index in [1.165, 1.54) is 24.8 Å². The van der Waals surface area contributed by atoms with Crippen molar-refractivity contribution in [3.8, 4) is 5.75 Å². The Balaban J connectivity index is 1.41. The fourth-order valence-corrected chi connectivity index (χ4v) is 5.62. The number of carbonyl (C=O) groups is 2. The van der Waals surface area contributed by atoms with Crippen molar-refractivity contribution >= 4 is 11.8 Å². The normalized spacial score (nSPS) is 25.5. The van der Waals surface area contributed by atoms with E-state index in [-0.39, 0.29) is 23.3 Å². The molecular weight excluding hydrogens is 388 g/mol. The van der Waals surface area contributed by atoms with Gasteiger partial charge in [0.1, 0.15) is 12.4 Å². The molecule has 5 heteroatoms. The minimum atomic E-state index is -0.351. The van der Waals surface area contributed by atoms with Crippen LogP contribution in [0.2, 0.25) is 0 Å². The molecule has 1 atom stereocenters. The lowest BCUT2D eigenvalue weighted by Crippen LogP contribution is -2.53. The third kappa shape index (κ3) is 5.24. The van der Waals surface area contributed by atoms with Crippen LogP contribution in [0.5, 0.6) is 5.75 Å². The molecular formula is C26H38N2O3. The molecule has 1 N–H and O–H groups in total. The maximum absolute atomic E-state index is 13.4. The summed E-state index contributed by atoms with van der Waals surface area (Å²) in [6.07, 6.45) is 11.2. The van der Waals surface area contributed by atoms with Crippen molar-refractivity contribution in [2.45, 2.75) is 83.6 Å². The highest BCUT2D eigenvalue weighted by molar-refractivity contribution is 5.84. The molecule has 1 aromatic carbocycles. The van der Waals surface area contributed by atoms with Crippen LogP contribution >= 0.6 is 0 Å². The van der Waals surface area contributed by atoms with Gasteiger partial charge >= 0.3 is 0 Å². The second-order valence-corrected chi connectivity index (χ2v) is 9.94. The summed E-state index contributed by atoms with van der Waals surface area (Å²) in [5, 5.41) is 3.23. The lowest BCUT2D eigenvalue weighted by molar-refractivity contribution is -0.144. The van der Waals surface area contributed by atoms with Crippen molar-refractivity contribution in [1.82, 2.24) is 10.2 Å². The Morgan fingerprint density at radius 2 is 1.77 bits per heavy atom. The molecule has 2 aliphatic heterocycles. The van der Waals surface area contributed by atoms with Gasteiger partial charge in [0.25, 0.3) is 0 Å². The molecule has 3 aliphatic rings. The topological polar surface area (TPSA) is 58.6 Å². The van der Waals surface area contributed by atoms with Gasteiger partial charge < -0.3 is 15.0 Å². The van der Waals surface area contributed by atoms with E-state index in [1.54, 1.807) is 0 Å². The van der Waals surface area contributed by atoms with Crippen LogP contribution in [0.25, 0.3) is 0 Å². The van der Waals surface area contributed by atoms with Gasteiger partial charge in [0, 0.05) is 19.0 Å². The number of carbonyl (C=O) groups excluding carboxylic acids is 2. The zero-order chi connectivity index (χ0) is 21.7. The summed E-state index contributed by atoms with van der Waals surface area (Å²) in [4.78, 5) is 28.4. The number of amides is 2. The molecule has 0 aromatic heterocycles. The van der Waals surface area contributed by atoms with Gasteiger partial charge in [-0.1, -0.05) is 43.9 Å². The van der Waals surface area contributed by atoms with Crippen molar-refractivity contribution < 1.29 is 14.3 Å². The number of benzene rings is 1. The molecule has 1 aromatic rings. The van der Waals surface area contributed by atoms with Crippen LogP contribution in [-0.4, -0.2) is 42.5 Å². The predicted octanol–water partition coefficient (Wildman–Crippen LogP) is 4.49. The largest absolute Gasteiger partial charge is 0.491 e. The van der Waals surface area contributed by atoms with Crippen molar-refractivity contribution in [2.75, 3.05) is 19.7 Å². The highest BCUT2D eigenvalue weighted by Crippen LogP contribution is 2.39. The van der Waals surface area contributed by atoms with Crippen LogP contribution in [-0.2, 0) is 16.0 Å². The molecule has 2 fully saturated rings. The predicted molar refractivity (Wildman–Crippen MR) is 122 cm³/mol. The average Bonchev–Trinajstić information content (AvgIpc) is 2.81. The lowest BCUT2D eigenvalue weighted by Gasteiger charge is -2.42. The monoisotopic (exact) mass is 426 g/mol. The van der Waals surface area contributed by atoms with Gasteiger partial charge in [0.05, 0.1) is 11.5 Å². The number of nitrogens with one attached hydrogen (secondary N) is 1. The smallest absolute Gasteiger partial charge is 0.226 e. The molecule has 2 heterocycles. The summed E-state index contributed by atoms with van der Waals surface area (Å²) in [5.74, 6) is 1.64. The second kappa shape index (κ2) is 10.1. The molecule has 0 bridgehead atoms. The summed E-state index contributed by atoms with van der Waals surface area (Å²) in [7, 11) is 0. The first-order valence-electron chi connectivity index (χ1n) is 12.4. The number of ether oxygens (including phenoxy) is 1. The number of fused-ring (bicyclic) bond motifs is 1. The highest BCUT2D eigenvalue weighted by Gasteiger charge is 2.43. The third-order valence-electron chi connectivity index (χ3n) is 7.66. The number of piperidine rings is 1. The lowest BCUT2D eigenvalue weighted by atomic mass is 9.73. The number of para-hydroxylation sites is 1. The standard InChI is InChI=1S/C26H38N2O3/c1-20-19-31-23-13-6-5-9-21(23)10-7-8-14-26(25(30)27-20)15-17-28(18-16-26)24(29)22-11-3-2-4-12-22/h5-6,9,13,20,22H,2-4,7-8,10-12,14-19H2,1H3,(H,27,30)/t20-/m1/s1. The molecule has 1 aliphatic carbocycles. The number of hydrogen-bond donors (Lipinski definition) is 1. The van der Waals surface area contributed by atoms with Crippen molar-refractivity contribution in [3.63, 3.8) is 0 Å². The van der Waals surface area contributed by atoms with Crippen LogP contribution in [0, 0.1) is 11.3 Å². The van der Waals surface area contributed by atoms with E-state index in [0.717, 1.165) is 70.2 Å². The number of aryl methyl sites for hydroxylation is 1. The zero-order valence-corrected chi connectivity index (χ0v) is 19.0. The molecule has 2 amide bonds. The maximum atomic E-state index is 13.4. The van der Waals surface area contributed by atoms with Gasteiger partial charge in [-0.3, -0.25) is 9.59 Å². The Bertz CT molecular complexity index is 764. The highest BCUT2D eigenvalue weighted by atomic mass is 16.5. The Morgan fingerprint density at radius 3 is 2.55 bits per heavy atom. The van der Waals surface area contributed by atoms with E-state index in [1.807, 2.05) is 24.0 Å². The summed E-state index contributed by atoms with van der Waals surface area (Å²) in [6.45, 7) is 3.93. The molecule has 4 rings (SSSR count). The van der Waals surface area contributed by atoms with Crippen LogP contribution in [0.1, 0.15) is 76.7 Å². The van der Waals surface area contributed by atoms with Gasteiger partial charge in [0.15, 0.2) is 0 Å². The summed E-state index contributed by atoms with van der Waals surface area (Å²) < 4.78 is 6.04. The van der Waals surface area contributed by atoms with Gasteiger partial charge in [0.2, 0.25) is 11.8 Å². The molecule has 1 saturated carbocycles. The van der Waals surface area contributed by atoms with Crippen LogP contribution in [0.4, 0.5) is 0 Å². The van der Waals surface area contributed by atoms with E-state index >= 15 is 0 Å². The number of rotatable bonds is 1. The Kier molecular flexibility index (Phi) is 7.19. The number of hydrogen-bond acceptors (Lipinski definition) is 3. The summed E-state index contributed by atoms with van der Waals surface area (Å²) in [6, 6.07) is 8.20. The fourth-order valence-electron chi connectivity index (χ4n) is 5.62. The van der Waals surface area contributed by atoms with Gasteiger partial charge in [-0.25, -0.2) is 0 Å². The van der Waals surface area contributed by atoms with E-state index in [2.05, 4.69) is 17.4 Å². The van der Waals surface area contributed by atoms with Crippen molar-refractivity contribution in [1.29, 1.82) is 0 Å². The fraction of sp³-hybridized carbons (Fsp3) is 0.692. The summed E-state index contributed by atoms with van der Waals surface area (Å²) in [5.41, 5.74) is 0.902. The Labute approximate surface area is 186 Å². The molecule has 0 radical (unpaired) electrons. The van der Waals surface area contributed by atoms with Crippen LogP contribution in [0.15, 0.2) is 24.3 Å². The minimum Gasteiger partial charge on any atom is -0.491 e. The second-order valence-electron chi connectivity index (χ2n) is 9.94. The van der Waals surface area contributed by atoms with Gasteiger partial charge in [-0.2, -0.15) is 0 Å². The van der Waals surface area contributed by atoms with Crippen LogP contribution in [0.3, 0.4) is 0 Å².